The van der Waals surface area contributed by atoms with Crippen LogP contribution in [0.3, 0.4) is 0 Å². The molecule has 0 aliphatic carbocycles. The van der Waals surface area contributed by atoms with Crippen molar-refractivity contribution in [3.8, 4) is 5.69 Å². The minimum Gasteiger partial charge on any atom is -0.383 e. The maximum Gasteiger partial charge on any atom is 0.199 e. The SMILES string of the molecule is CN(C)C=C(C(=O)c1ccccc1Cl)c1nnnn1-c1ccc(Cl)cc1. The van der Waals surface area contributed by atoms with E-state index in [9.17, 15) is 4.79 Å². The topological polar surface area (TPSA) is 63.9 Å². The summed E-state index contributed by atoms with van der Waals surface area (Å²) in [7, 11) is 3.63. The van der Waals surface area contributed by atoms with Crippen LogP contribution >= 0.6 is 23.2 Å². The van der Waals surface area contributed by atoms with E-state index in [1.807, 2.05) is 14.1 Å². The van der Waals surface area contributed by atoms with Gasteiger partial charge in [0.1, 0.15) is 0 Å². The van der Waals surface area contributed by atoms with E-state index in [-0.39, 0.29) is 5.78 Å². The molecule has 0 aliphatic rings. The maximum atomic E-state index is 13.1. The molecule has 0 spiro atoms. The Morgan fingerprint density at radius 1 is 1.08 bits per heavy atom. The third-order valence-electron chi connectivity index (χ3n) is 3.53. The second-order valence-corrected chi connectivity index (χ2v) is 6.55. The predicted molar refractivity (Wildman–Crippen MR) is 102 cm³/mol. The van der Waals surface area contributed by atoms with Crippen molar-refractivity contribution in [2.45, 2.75) is 0 Å². The van der Waals surface area contributed by atoms with Crippen molar-refractivity contribution in [1.29, 1.82) is 0 Å². The van der Waals surface area contributed by atoms with Crippen molar-refractivity contribution in [2.75, 3.05) is 14.1 Å². The normalized spacial score (nSPS) is 11.5. The third-order valence-corrected chi connectivity index (χ3v) is 4.11. The number of carbonyl (C=O) groups is 1. The molecule has 26 heavy (non-hydrogen) atoms. The maximum absolute atomic E-state index is 13.1. The molecule has 0 fully saturated rings. The predicted octanol–water partition coefficient (Wildman–Crippen LogP) is 3.75. The van der Waals surface area contributed by atoms with Crippen LogP contribution in [0.2, 0.25) is 10.0 Å². The molecule has 0 bridgehead atoms. The van der Waals surface area contributed by atoms with Gasteiger partial charge in [0.15, 0.2) is 11.6 Å². The fourth-order valence-corrected chi connectivity index (χ4v) is 2.73. The van der Waals surface area contributed by atoms with Crippen molar-refractivity contribution < 1.29 is 4.79 Å². The molecule has 8 heteroatoms. The Labute approximate surface area is 160 Å². The summed E-state index contributed by atoms with van der Waals surface area (Å²) in [6, 6.07) is 13.9. The third kappa shape index (κ3) is 3.76. The summed E-state index contributed by atoms with van der Waals surface area (Å²) >= 11 is 12.1. The van der Waals surface area contributed by atoms with Crippen LogP contribution in [0, 0.1) is 0 Å². The van der Waals surface area contributed by atoms with Gasteiger partial charge >= 0.3 is 0 Å². The van der Waals surface area contributed by atoms with E-state index in [1.165, 1.54) is 4.68 Å². The Morgan fingerprint density at radius 2 is 1.77 bits per heavy atom. The minimum absolute atomic E-state index is 0.269. The van der Waals surface area contributed by atoms with Crippen LogP contribution in [0.1, 0.15) is 16.2 Å². The van der Waals surface area contributed by atoms with Gasteiger partial charge in [-0.3, -0.25) is 4.79 Å². The average molecular weight is 388 g/mol. The molecule has 0 radical (unpaired) electrons. The van der Waals surface area contributed by atoms with E-state index < -0.39 is 0 Å². The first-order valence-electron chi connectivity index (χ1n) is 7.69. The number of halogens is 2. The highest BCUT2D eigenvalue weighted by molar-refractivity contribution is 6.38. The second-order valence-electron chi connectivity index (χ2n) is 5.71. The lowest BCUT2D eigenvalue weighted by molar-refractivity contribution is 0.105. The Hall–Kier alpha value is -2.70. The summed E-state index contributed by atoms with van der Waals surface area (Å²) in [5.41, 5.74) is 1.39. The van der Waals surface area contributed by atoms with Gasteiger partial charge in [-0.25, -0.2) is 0 Å². The van der Waals surface area contributed by atoms with E-state index in [0.29, 0.717) is 32.7 Å². The fraction of sp³-hybridized carbons (Fsp3) is 0.111. The number of ketones is 1. The minimum atomic E-state index is -0.269. The monoisotopic (exact) mass is 387 g/mol. The highest BCUT2D eigenvalue weighted by Crippen LogP contribution is 2.25. The highest BCUT2D eigenvalue weighted by atomic mass is 35.5. The largest absolute Gasteiger partial charge is 0.383 e. The number of tetrazole rings is 1. The van der Waals surface area contributed by atoms with Crippen LogP contribution < -0.4 is 0 Å². The van der Waals surface area contributed by atoms with Crippen LogP contribution in [-0.4, -0.2) is 45.0 Å². The standard InChI is InChI=1S/C18H15Cl2N5O/c1-24(2)11-15(17(26)14-5-3-4-6-16(14)20)18-21-22-23-25(18)13-9-7-12(19)8-10-13/h3-11H,1-2H3. The van der Waals surface area contributed by atoms with Gasteiger partial charge in [-0.2, -0.15) is 4.68 Å². The van der Waals surface area contributed by atoms with Crippen LogP contribution in [-0.2, 0) is 0 Å². The molecule has 0 amide bonds. The smallest absolute Gasteiger partial charge is 0.199 e. The molecule has 0 saturated carbocycles. The molecule has 0 unspecified atom stereocenters. The Balaban J connectivity index is 2.11. The number of aromatic nitrogens is 4. The molecule has 0 atom stereocenters. The molecular formula is C18H15Cl2N5O. The van der Waals surface area contributed by atoms with E-state index >= 15 is 0 Å². The molecule has 1 heterocycles. The number of nitrogens with zero attached hydrogens (tertiary/aromatic N) is 5. The first kappa shape index (κ1) is 18.1. The molecule has 3 rings (SSSR count). The van der Waals surface area contributed by atoms with Gasteiger partial charge in [-0.1, -0.05) is 35.3 Å². The van der Waals surface area contributed by atoms with Crippen LogP contribution in [0.15, 0.2) is 54.7 Å². The molecule has 132 valence electrons. The molecule has 0 saturated heterocycles. The summed E-state index contributed by atoms with van der Waals surface area (Å²) in [6.45, 7) is 0. The number of hydrogen-bond donors (Lipinski definition) is 0. The lowest BCUT2D eigenvalue weighted by Gasteiger charge is -2.12. The Morgan fingerprint density at radius 3 is 2.42 bits per heavy atom. The Kier molecular flexibility index (Phi) is 5.35. The van der Waals surface area contributed by atoms with Crippen molar-refractivity contribution >= 4 is 34.6 Å². The zero-order valence-electron chi connectivity index (χ0n) is 14.1. The number of carbonyl (C=O) groups excluding carboxylic acids is 1. The molecular weight excluding hydrogens is 373 g/mol. The van der Waals surface area contributed by atoms with Gasteiger partial charge in [0.05, 0.1) is 16.3 Å². The lowest BCUT2D eigenvalue weighted by Crippen LogP contribution is -2.14. The number of hydrogen-bond acceptors (Lipinski definition) is 5. The van der Waals surface area contributed by atoms with E-state index in [4.69, 9.17) is 23.2 Å². The van der Waals surface area contributed by atoms with Crippen molar-refractivity contribution in [2.24, 2.45) is 0 Å². The summed E-state index contributed by atoms with van der Waals surface area (Å²) in [5, 5.41) is 12.8. The van der Waals surface area contributed by atoms with Gasteiger partial charge in [0.25, 0.3) is 0 Å². The average Bonchev–Trinajstić information content (AvgIpc) is 3.09. The molecule has 1 aromatic heterocycles. The zero-order valence-corrected chi connectivity index (χ0v) is 15.6. The highest BCUT2D eigenvalue weighted by Gasteiger charge is 2.23. The summed E-state index contributed by atoms with van der Waals surface area (Å²) < 4.78 is 1.49. The van der Waals surface area contributed by atoms with Crippen LogP contribution in [0.5, 0.6) is 0 Å². The van der Waals surface area contributed by atoms with Crippen molar-refractivity contribution in [3.63, 3.8) is 0 Å². The van der Waals surface area contributed by atoms with Crippen LogP contribution in [0.4, 0.5) is 0 Å². The number of benzene rings is 2. The zero-order chi connectivity index (χ0) is 18.7. The molecule has 3 aromatic rings. The summed E-state index contributed by atoms with van der Waals surface area (Å²) in [5.74, 6) is 0.0419. The van der Waals surface area contributed by atoms with Gasteiger partial charge in [0, 0.05) is 30.9 Å². The Bertz CT molecular complexity index is 964. The summed E-state index contributed by atoms with van der Waals surface area (Å²) in [6.07, 6.45) is 1.67. The van der Waals surface area contributed by atoms with Gasteiger partial charge in [0.2, 0.25) is 0 Å². The van der Waals surface area contributed by atoms with Gasteiger partial charge in [-0.15, -0.1) is 5.10 Å². The van der Waals surface area contributed by atoms with E-state index in [1.54, 1.807) is 59.6 Å². The van der Waals surface area contributed by atoms with Crippen molar-refractivity contribution in [1.82, 2.24) is 25.1 Å². The first-order valence-corrected chi connectivity index (χ1v) is 8.45. The van der Waals surface area contributed by atoms with Gasteiger partial charge in [-0.05, 0) is 46.8 Å². The lowest BCUT2D eigenvalue weighted by atomic mass is 10.0. The van der Waals surface area contributed by atoms with E-state index in [0.717, 1.165) is 0 Å². The fourth-order valence-electron chi connectivity index (χ4n) is 2.38. The molecule has 2 aromatic carbocycles. The second kappa shape index (κ2) is 7.68. The molecule has 0 N–H and O–H groups in total. The van der Waals surface area contributed by atoms with Crippen LogP contribution in [0.25, 0.3) is 11.3 Å². The quantitative estimate of drug-likeness (QED) is 0.492. The van der Waals surface area contributed by atoms with Crippen molar-refractivity contribution in [3.05, 3.63) is 76.2 Å². The number of Topliss-reactive ketones (excluding diaryl/α,β-unsaturated/α-hetero) is 1. The van der Waals surface area contributed by atoms with E-state index in [2.05, 4.69) is 15.5 Å². The number of allylic oxidation sites excluding steroid dienone is 1. The molecule has 0 aliphatic heterocycles. The molecule has 6 nitrogen and oxygen atoms in total. The first-order chi connectivity index (χ1) is 12.5. The van der Waals surface area contributed by atoms with Gasteiger partial charge < -0.3 is 4.90 Å². The number of rotatable bonds is 5. The summed E-state index contributed by atoms with van der Waals surface area (Å²) in [4.78, 5) is 14.9.